The predicted octanol–water partition coefficient (Wildman–Crippen LogP) is 7.09. The zero-order valence-corrected chi connectivity index (χ0v) is 19.1. The monoisotopic (exact) mass is 444 g/mol. The van der Waals surface area contributed by atoms with Crippen molar-refractivity contribution in [3.8, 4) is 34.0 Å². The summed E-state index contributed by atoms with van der Waals surface area (Å²) in [6.07, 6.45) is 3.27. The van der Waals surface area contributed by atoms with Gasteiger partial charge in [0.05, 0.1) is 25.1 Å². The minimum atomic E-state index is 0.717. The fraction of sp³-hybridized carbons (Fsp3) is 0.222. The molecule has 0 spiro atoms. The lowest BCUT2D eigenvalue weighted by molar-refractivity contribution is 0.304. The molecule has 5 heteroatoms. The molecule has 1 aromatic heterocycles. The molecule has 0 amide bonds. The molecule has 0 radical (unpaired) electrons. The minimum Gasteiger partial charge on any atom is -0.497 e. The summed E-state index contributed by atoms with van der Waals surface area (Å²) in [5, 5.41) is 0.968. The third-order valence-corrected chi connectivity index (χ3v) is 6.09. The number of rotatable bonds is 11. The molecule has 1 N–H and O–H groups in total. The first-order valence-electron chi connectivity index (χ1n) is 10.9. The number of hydrogen-bond acceptors (Lipinski definition) is 4. The highest BCUT2D eigenvalue weighted by Crippen LogP contribution is 2.32. The number of ether oxygens (including phenoxy) is 2. The SMILES string of the molecule is COc1cccc(OCCCCCSc2nc(-c3ccccc3)c(-c3ccccc3)[nH]2)c1. The Morgan fingerprint density at radius 3 is 2.25 bits per heavy atom. The molecule has 1 heterocycles. The van der Waals surface area contributed by atoms with Gasteiger partial charge in [-0.1, -0.05) is 78.5 Å². The van der Waals surface area contributed by atoms with Crippen LogP contribution in [0.15, 0.2) is 90.1 Å². The van der Waals surface area contributed by atoms with Crippen LogP contribution in [0.25, 0.3) is 22.5 Å². The summed E-state index contributed by atoms with van der Waals surface area (Å²) in [6.45, 7) is 0.717. The largest absolute Gasteiger partial charge is 0.497 e. The molecule has 0 unspecified atom stereocenters. The van der Waals surface area contributed by atoms with Crippen molar-refractivity contribution in [1.82, 2.24) is 9.97 Å². The molecule has 3 aromatic carbocycles. The average molecular weight is 445 g/mol. The topological polar surface area (TPSA) is 47.1 Å². The molecule has 0 saturated heterocycles. The highest BCUT2D eigenvalue weighted by molar-refractivity contribution is 7.99. The molecule has 0 aliphatic carbocycles. The highest BCUT2D eigenvalue weighted by Gasteiger charge is 2.14. The fourth-order valence-electron chi connectivity index (χ4n) is 3.47. The summed E-state index contributed by atoms with van der Waals surface area (Å²) in [6, 6.07) is 28.5. The average Bonchev–Trinajstić information content (AvgIpc) is 3.29. The smallest absolute Gasteiger partial charge is 0.166 e. The highest BCUT2D eigenvalue weighted by atomic mass is 32.2. The van der Waals surface area contributed by atoms with Crippen LogP contribution >= 0.6 is 11.8 Å². The van der Waals surface area contributed by atoms with Crippen LogP contribution in [-0.4, -0.2) is 29.4 Å². The molecule has 0 aliphatic rings. The van der Waals surface area contributed by atoms with Gasteiger partial charge in [0.25, 0.3) is 0 Å². The number of benzene rings is 3. The van der Waals surface area contributed by atoms with E-state index in [1.165, 1.54) is 0 Å². The summed E-state index contributed by atoms with van der Waals surface area (Å²) < 4.78 is 11.1. The van der Waals surface area contributed by atoms with E-state index >= 15 is 0 Å². The van der Waals surface area contributed by atoms with Crippen molar-refractivity contribution in [2.24, 2.45) is 0 Å². The molecule has 4 rings (SSSR count). The Kier molecular flexibility index (Phi) is 7.88. The second kappa shape index (κ2) is 11.4. The Morgan fingerprint density at radius 1 is 0.781 bits per heavy atom. The first-order valence-corrected chi connectivity index (χ1v) is 11.9. The lowest BCUT2D eigenvalue weighted by Gasteiger charge is -2.07. The van der Waals surface area contributed by atoms with Crippen LogP contribution in [0.5, 0.6) is 11.5 Å². The number of hydrogen-bond donors (Lipinski definition) is 1. The third-order valence-electron chi connectivity index (χ3n) is 5.13. The van der Waals surface area contributed by atoms with Gasteiger partial charge < -0.3 is 14.5 Å². The second-order valence-electron chi connectivity index (χ2n) is 7.43. The predicted molar refractivity (Wildman–Crippen MR) is 133 cm³/mol. The quantitative estimate of drug-likeness (QED) is 0.198. The van der Waals surface area contributed by atoms with E-state index in [4.69, 9.17) is 14.5 Å². The zero-order chi connectivity index (χ0) is 22.0. The van der Waals surface area contributed by atoms with Gasteiger partial charge >= 0.3 is 0 Å². The van der Waals surface area contributed by atoms with E-state index in [1.54, 1.807) is 18.9 Å². The van der Waals surface area contributed by atoms with Crippen molar-refractivity contribution < 1.29 is 9.47 Å². The van der Waals surface area contributed by atoms with Gasteiger partial charge in [0.15, 0.2) is 5.16 Å². The molecule has 0 bridgehead atoms. The van der Waals surface area contributed by atoms with Crippen molar-refractivity contribution in [1.29, 1.82) is 0 Å². The van der Waals surface area contributed by atoms with E-state index < -0.39 is 0 Å². The standard InChI is InChI=1S/C27H28N2O2S/c1-30-23-16-11-17-24(20-23)31-18-9-4-10-19-32-27-28-25(21-12-5-2-6-13-21)26(29-27)22-14-7-3-8-15-22/h2-3,5-8,11-17,20H,4,9-10,18-19H2,1H3,(H,28,29). The number of methoxy groups -OCH3 is 1. The maximum atomic E-state index is 5.83. The second-order valence-corrected chi connectivity index (χ2v) is 8.52. The molecule has 164 valence electrons. The molecule has 4 aromatic rings. The lowest BCUT2D eigenvalue weighted by atomic mass is 10.1. The van der Waals surface area contributed by atoms with Crippen molar-refractivity contribution in [3.63, 3.8) is 0 Å². The van der Waals surface area contributed by atoms with Gasteiger partial charge in [-0.15, -0.1) is 0 Å². The van der Waals surface area contributed by atoms with Gasteiger partial charge in [0.2, 0.25) is 0 Å². The molecular formula is C27H28N2O2S. The van der Waals surface area contributed by atoms with Crippen LogP contribution in [0.2, 0.25) is 0 Å². The Hall–Kier alpha value is -3.18. The van der Waals surface area contributed by atoms with Crippen LogP contribution in [-0.2, 0) is 0 Å². The molecular weight excluding hydrogens is 416 g/mol. The van der Waals surface area contributed by atoms with Gasteiger partial charge in [-0.25, -0.2) is 4.98 Å². The van der Waals surface area contributed by atoms with Crippen LogP contribution in [0.3, 0.4) is 0 Å². The normalized spacial score (nSPS) is 10.8. The van der Waals surface area contributed by atoms with E-state index in [9.17, 15) is 0 Å². The maximum Gasteiger partial charge on any atom is 0.166 e. The third kappa shape index (κ3) is 5.95. The van der Waals surface area contributed by atoms with Crippen molar-refractivity contribution >= 4 is 11.8 Å². The zero-order valence-electron chi connectivity index (χ0n) is 18.3. The minimum absolute atomic E-state index is 0.717. The van der Waals surface area contributed by atoms with E-state index in [2.05, 4.69) is 53.5 Å². The lowest BCUT2D eigenvalue weighted by Crippen LogP contribution is -1.98. The number of H-pyrrole nitrogens is 1. The summed E-state index contributed by atoms with van der Waals surface area (Å²) >= 11 is 1.78. The number of aromatic amines is 1. The van der Waals surface area contributed by atoms with E-state index in [1.807, 2.05) is 36.4 Å². The van der Waals surface area contributed by atoms with Gasteiger partial charge in [-0.2, -0.15) is 0 Å². The van der Waals surface area contributed by atoms with Crippen molar-refractivity contribution in [2.75, 3.05) is 19.5 Å². The molecule has 0 saturated carbocycles. The molecule has 0 fully saturated rings. The Labute approximate surface area is 194 Å². The number of nitrogens with zero attached hydrogens (tertiary/aromatic N) is 1. The molecule has 4 nitrogen and oxygen atoms in total. The summed E-state index contributed by atoms with van der Waals surface area (Å²) in [7, 11) is 1.67. The van der Waals surface area contributed by atoms with Gasteiger partial charge in [0, 0.05) is 22.9 Å². The number of unbranched alkanes of at least 4 members (excludes halogenated alkanes) is 2. The van der Waals surface area contributed by atoms with Crippen LogP contribution < -0.4 is 9.47 Å². The number of nitrogens with one attached hydrogen (secondary N) is 1. The summed E-state index contributed by atoms with van der Waals surface area (Å²) in [5.41, 5.74) is 4.36. The number of thioether (sulfide) groups is 1. The Balaban J connectivity index is 1.28. The van der Waals surface area contributed by atoms with Crippen molar-refractivity contribution in [3.05, 3.63) is 84.9 Å². The van der Waals surface area contributed by atoms with Crippen molar-refractivity contribution in [2.45, 2.75) is 24.4 Å². The molecule has 32 heavy (non-hydrogen) atoms. The Bertz CT molecular complexity index is 1040. The fourth-order valence-corrected chi connectivity index (χ4v) is 4.34. The van der Waals surface area contributed by atoms with Crippen LogP contribution in [0.1, 0.15) is 19.3 Å². The van der Waals surface area contributed by atoms with E-state index in [0.717, 1.165) is 70.8 Å². The molecule has 0 aliphatic heterocycles. The first-order chi connectivity index (χ1) is 15.8. The number of aromatic nitrogens is 2. The van der Waals surface area contributed by atoms with Gasteiger partial charge in [-0.3, -0.25) is 0 Å². The van der Waals surface area contributed by atoms with Crippen LogP contribution in [0.4, 0.5) is 0 Å². The Morgan fingerprint density at radius 2 is 1.50 bits per heavy atom. The number of imidazole rings is 1. The van der Waals surface area contributed by atoms with E-state index in [-0.39, 0.29) is 0 Å². The van der Waals surface area contributed by atoms with Gasteiger partial charge in [0.1, 0.15) is 11.5 Å². The molecule has 0 atom stereocenters. The van der Waals surface area contributed by atoms with E-state index in [0.29, 0.717) is 0 Å². The summed E-state index contributed by atoms with van der Waals surface area (Å²) in [5.74, 6) is 2.70. The summed E-state index contributed by atoms with van der Waals surface area (Å²) in [4.78, 5) is 8.46. The first kappa shape index (κ1) is 22.0. The maximum absolute atomic E-state index is 5.83. The van der Waals surface area contributed by atoms with Crippen LogP contribution in [0, 0.1) is 0 Å². The van der Waals surface area contributed by atoms with Gasteiger partial charge in [-0.05, 0) is 31.4 Å².